The molecule has 136 valence electrons. The summed E-state index contributed by atoms with van der Waals surface area (Å²) >= 11 is 1.57. The van der Waals surface area contributed by atoms with Gasteiger partial charge in [0.05, 0.1) is 11.3 Å². The number of thioether (sulfide) groups is 1. The van der Waals surface area contributed by atoms with Gasteiger partial charge in [-0.25, -0.2) is 14.6 Å². The number of carbonyl (C=O) groups is 2. The zero-order valence-corrected chi connectivity index (χ0v) is 15.9. The van der Waals surface area contributed by atoms with E-state index in [0.29, 0.717) is 22.8 Å². The van der Waals surface area contributed by atoms with E-state index < -0.39 is 0 Å². The quantitative estimate of drug-likeness (QED) is 0.304. The number of rotatable bonds is 8. The Balaban J connectivity index is 2.00. The fraction of sp³-hybridized carbons (Fsp3) is 0.389. The molecule has 0 aromatic carbocycles. The summed E-state index contributed by atoms with van der Waals surface area (Å²) in [7, 11) is 3.62. The highest BCUT2D eigenvalue weighted by Crippen LogP contribution is 2.33. The lowest BCUT2D eigenvalue weighted by atomic mass is 9.97. The summed E-state index contributed by atoms with van der Waals surface area (Å²) in [4.78, 5) is 36.0. The molecule has 7 nitrogen and oxygen atoms in total. The lowest BCUT2D eigenvalue weighted by Gasteiger charge is -2.13. The van der Waals surface area contributed by atoms with Gasteiger partial charge in [-0.05, 0) is 31.2 Å². The summed E-state index contributed by atoms with van der Waals surface area (Å²) in [5, 5.41) is 4.08. The Morgan fingerprint density at radius 1 is 1.35 bits per heavy atom. The molecule has 0 bridgehead atoms. The van der Waals surface area contributed by atoms with Crippen molar-refractivity contribution >= 4 is 23.3 Å². The smallest absolute Gasteiger partial charge is 0.199 e. The van der Waals surface area contributed by atoms with Crippen LogP contribution in [0.4, 0.5) is 0 Å². The maximum Gasteiger partial charge on any atom is 0.199 e. The molecule has 0 N–H and O–H groups in total. The molecule has 0 amide bonds. The van der Waals surface area contributed by atoms with Crippen LogP contribution in [0.25, 0.3) is 5.82 Å². The Morgan fingerprint density at radius 2 is 2.12 bits per heavy atom. The fourth-order valence-corrected chi connectivity index (χ4v) is 3.09. The van der Waals surface area contributed by atoms with E-state index in [0.717, 1.165) is 12.8 Å². The van der Waals surface area contributed by atoms with E-state index in [-0.39, 0.29) is 23.1 Å². The van der Waals surface area contributed by atoms with Crippen LogP contribution in [0.1, 0.15) is 28.9 Å². The topological polar surface area (TPSA) is 81.0 Å². The zero-order chi connectivity index (χ0) is 18.7. The molecule has 1 saturated carbocycles. The van der Waals surface area contributed by atoms with Gasteiger partial charge in [0.1, 0.15) is 12.7 Å². The maximum atomic E-state index is 13.1. The molecule has 2 aromatic rings. The number of allylic oxidation sites excluding steroid dienone is 1. The van der Waals surface area contributed by atoms with Gasteiger partial charge in [-0.2, -0.15) is 16.9 Å². The Hall–Kier alpha value is -2.48. The predicted octanol–water partition coefficient (Wildman–Crippen LogP) is 2.13. The van der Waals surface area contributed by atoms with Crippen LogP contribution < -0.4 is 0 Å². The molecule has 0 radical (unpaired) electrons. The molecule has 2 aromatic heterocycles. The van der Waals surface area contributed by atoms with Crippen LogP contribution >= 0.6 is 11.8 Å². The number of hydrogen-bond acceptors (Lipinski definition) is 7. The van der Waals surface area contributed by atoms with Gasteiger partial charge in [0.15, 0.2) is 17.4 Å². The van der Waals surface area contributed by atoms with Gasteiger partial charge in [0.2, 0.25) is 0 Å². The summed E-state index contributed by atoms with van der Waals surface area (Å²) in [6, 6.07) is 3.45. The summed E-state index contributed by atoms with van der Waals surface area (Å²) in [5.74, 6) is 0.805. The molecule has 0 atom stereocenters. The van der Waals surface area contributed by atoms with Crippen molar-refractivity contribution in [1.29, 1.82) is 0 Å². The Kier molecular flexibility index (Phi) is 5.51. The number of carbonyl (C=O) groups excluding carboxylic acids is 2. The first kappa shape index (κ1) is 18.3. The molecule has 8 heteroatoms. The van der Waals surface area contributed by atoms with Gasteiger partial charge in [0, 0.05) is 37.5 Å². The van der Waals surface area contributed by atoms with Crippen molar-refractivity contribution in [3.8, 4) is 5.82 Å². The minimum atomic E-state index is -0.266. The van der Waals surface area contributed by atoms with Crippen molar-refractivity contribution in [2.45, 2.75) is 18.6 Å². The van der Waals surface area contributed by atoms with Crippen molar-refractivity contribution in [2.75, 3.05) is 20.4 Å². The number of ketones is 2. The molecule has 0 unspecified atom stereocenters. The first-order valence-electron chi connectivity index (χ1n) is 8.32. The number of aromatic nitrogens is 4. The van der Waals surface area contributed by atoms with Crippen molar-refractivity contribution in [3.05, 3.63) is 47.8 Å². The summed E-state index contributed by atoms with van der Waals surface area (Å²) < 4.78 is 1.55. The van der Waals surface area contributed by atoms with E-state index in [1.54, 1.807) is 46.0 Å². The van der Waals surface area contributed by atoms with Crippen molar-refractivity contribution < 1.29 is 9.59 Å². The molecule has 1 aliphatic rings. The third-order valence-electron chi connectivity index (χ3n) is 3.98. The molecule has 2 heterocycles. The monoisotopic (exact) mass is 371 g/mol. The van der Waals surface area contributed by atoms with E-state index in [9.17, 15) is 9.59 Å². The third-order valence-corrected chi connectivity index (χ3v) is 4.55. The highest BCUT2D eigenvalue weighted by molar-refractivity contribution is 7.97. The Morgan fingerprint density at radius 3 is 2.69 bits per heavy atom. The SMILES string of the molecule is CSCc1nc(-n2cncn2)ccc1C(=O)C(=CN(C)C)C(=O)C1CC1. The van der Waals surface area contributed by atoms with Gasteiger partial charge in [-0.3, -0.25) is 9.59 Å². The number of pyridine rings is 1. The van der Waals surface area contributed by atoms with Crippen LogP contribution in [-0.2, 0) is 10.5 Å². The molecular formula is C18H21N5O2S. The van der Waals surface area contributed by atoms with Crippen molar-refractivity contribution in [2.24, 2.45) is 5.92 Å². The van der Waals surface area contributed by atoms with Crippen LogP contribution in [0.15, 0.2) is 36.6 Å². The maximum absolute atomic E-state index is 13.1. The van der Waals surface area contributed by atoms with Gasteiger partial charge in [-0.1, -0.05) is 0 Å². The molecule has 26 heavy (non-hydrogen) atoms. The normalized spacial score (nSPS) is 14.3. The second kappa shape index (κ2) is 7.82. The van der Waals surface area contributed by atoms with Crippen LogP contribution in [-0.4, -0.2) is 56.6 Å². The van der Waals surface area contributed by atoms with Gasteiger partial charge in [0.25, 0.3) is 0 Å². The van der Waals surface area contributed by atoms with E-state index in [1.165, 1.54) is 6.33 Å². The van der Waals surface area contributed by atoms with Crippen LogP contribution in [0.3, 0.4) is 0 Å². The van der Waals surface area contributed by atoms with E-state index in [4.69, 9.17) is 0 Å². The summed E-state index contributed by atoms with van der Waals surface area (Å²) in [5.41, 5.74) is 1.34. The summed E-state index contributed by atoms with van der Waals surface area (Å²) in [6.07, 6.45) is 8.28. The second-order valence-corrected chi connectivity index (χ2v) is 7.28. The van der Waals surface area contributed by atoms with Gasteiger partial charge >= 0.3 is 0 Å². The van der Waals surface area contributed by atoms with Crippen molar-refractivity contribution in [3.63, 3.8) is 0 Å². The Labute approximate surface area is 156 Å². The first-order chi connectivity index (χ1) is 12.5. The number of Topliss-reactive ketones (excluding diaryl/α,β-unsaturated/α-hetero) is 2. The minimum Gasteiger partial charge on any atom is -0.383 e. The van der Waals surface area contributed by atoms with Crippen LogP contribution in [0.2, 0.25) is 0 Å². The fourth-order valence-electron chi connectivity index (χ4n) is 2.60. The molecule has 0 aliphatic heterocycles. The average molecular weight is 371 g/mol. The van der Waals surface area contributed by atoms with Gasteiger partial charge in [-0.15, -0.1) is 0 Å². The molecule has 0 saturated heterocycles. The zero-order valence-electron chi connectivity index (χ0n) is 15.0. The predicted molar refractivity (Wildman–Crippen MR) is 100 cm³/mol. The second-order valence-electron chi connectivity index (χ2n) is 6.41. The molecule has 3 rings (SSSR count). The Bertz CT molecular complexity index is 841. The average Bonchev–Trinajstić information content (AvgIpc) is 3.33. The number of nitrogens with zero attached hydrogens (tertiary/aromatic N) is 5. The van der Waals surface area contributed by atoms with E-state index in [2.05, 4.69) is 15.1 Å². The third kappa shape index (κ3) is 4.01. The largest absolute Gasteiger partial charge is 0.383 e. The lowest BCUT2D eigenvalue weighted by molar-refractivity contribution is -0.116. The summed E-state index contributed by atoms with van der Waals surface area (Å²) in [6.45, 7) is 0. The van der Waals surface area contributed by atoms with E-state index >= 15 is 0 Å². The molecule has 0 spiro atoms. The van der Waals surface area contributed by atoms with Gasteiger partial charge < -0.3 is 4.90 Å². The van der Waals surface area contributed by atoms with Crippen LogP contribution in [0, 0.1) is 5.92 Å². The molecule has 1 fully saturated rings. The number of hydrogen-bond donors (Lipinski definition) is 0. The molecule has 1 aliphatic carbocycles. The minimum absolute atomic E-state index is 0.0171. The standard InChI is InChI=1S/C18H21N5O2S/c1-22(2)8-14(17(24)12-4-5-12)18(25)13-6-7-16(21-15(13)9-26-3)23-11-19-10-20-23/h6-8,10-12H,4-5,9H2,1-3H3. The molecular weight excluding hydrogens is 350 g/mol. The van der Waals surface area contributed by atoms with Crippen molar-refractivity contribution in [1.82, 2.24) is 24.6 Å². The highest BCUT2D eigenvalue weighted by Gasteiger charge is 2.35. The van der Waals surface area contributed by atoms with E-state index in [1.807, 2.05) is 20.4 Å². The first-order valence-corrected chi connectivity index (χ1v) is 9.71. The lowest BCUT2D eigenvalue weighted by Crippen LogP contribution is -2.20. The van der Waals surface area contributed by atoms with Crippen LogP contribution in [0.5, 0.6) is 0 Å². The highest BCUT2D eigenvalue weighted by atomic mass is 32.2.